The molecule has 0 atom stereocenters. The number of furan rings is 1. The molecule has 1 heterocycles. The molecule has 0 aliphatic carbocycles. The molecule has 0 saturated carbocycles. The molecule has 0 aliphatic rings. The van der Waals surface area contributed by atoms with E-state index >= 15 is 0 Å². The largest absolute Gasteiger partial charge is 0.464 e. The highest BCUT2D eigenvalue weighted by atomic mass is 32.2. The van der Waals surface area contributed by atoms with Gasteiger partial charge in [0.25, 0.3) is 0 Å². The monoisotopic (exact) mass is 294 g/mol. The van der Waals surface area contributed by atoms with E-state index in [-0.39, 0.29) is 4.90 Å². The lowest BCUT2D eigenvalue weighted by atomic mass is 10.2. The van der Waals surface area contributed by atoms with Gasteiger partial charge < -0.3 is 15.1 Å². The van der Waals surface area contributed by atoms with Crippen molar-refractivity contribution in [1.82, 2.24) is 0 Å². The first-order valence-corrected chi connectivity index (χ1v) is 8.02. The smallest absolute Gasteiger partial charge is 0.175 e. The van der Waals surface area contributed by atoms with Gasteiger partial charge in [0.05, 0.1) is 22.8 Å². The van der Waals surface area contributed by atoms with Crippen LogP contribution < -0.4 is 10.6 Å². The maximum absolute atomic E-state index is 11.5. The summed E-state index contributed by atoms with van der Waals surface area (Å²) >= 11 is 0. The zero-order chi connectivity index (χ0) is 14.9. The SMILES string of the molecule is Cc1ccc(CN(C)c2ccc(S(C)(=O)=O)cc2N)o1. The molecule has 0 saturated heterocycles. The molecule has 1 aromatic heterocycles. The molecule has 0 aliphatic heterocycles. The zero-order valence-corrected chi connectivity index (χ0v) is 12.6. The van der Waals surface area contributed by atoms with Gasteiger partial charge in [-0.1, -0.05) is 0 Å². The number of nitrogens with zero attached hydrogens (tertiary/aromatic N) is 1. The van der Waals surface area contributed by atoms with Crippen molar-refractivity contribution in [2.75, 3.05) is 23.9 Å². The van der Waals surface area contributed by atoms with Gasteiger partial charge in [-0.15, -0.1) is 0 Å². The van der Waals surface area contributed by atoms with Crippen LogP contribution in [0.5, 0.6) is 0 Å². The van der Waals surface area contributed by atoms with Gasteiger partial charge in [0.1, 0.15) is 11.5 Å². The summed E-state index contributed by atoms with van der Waals surface area (Å²) in [5.41, 5.74) is 7.14. The minimum Gasteiger partial charge on any atom is -0.464 e. The second-order valence-electron chi connectivity index (χ2n) is 4.86. The maximum Gasteiger partial charge on any atom is 0.175 e. The van der Waals surface area contributed by atoms with Crippen LogP contribution in [-0.4, -0.2) is 21.7 Å². The molecule has 5 nitrogen and oxygen atoms in total. The minimum atomic E-state index is -3.24. The van der Waals surface area contributed by atoms with Gasteiger partial charge in [-0.3, -0.25) is 0 Å². The summed E-state index contributed by atoms with van der Waals surface area (Å²) in [5.74, 6) is 1.69. The highest BCUT2D eigenvalue weighted by molar-refractivity contribution is 7.90. The first-order valence-electron chi connectivity index (χ1n) is 6.13. The van der Waals surface area contributed by atoms with E-state index in [4.69, 9.17) is 10.2 Å². The van der Waals surface area contributed by atoms with Gasteiger partial charge >= 0.3 is 0 Å². The molecule has 20 heavy (non-hydrogen) atoms. The average Bonchev–Trinajstić information content (AvgIpc) is 2.73. The number of benzene rings is 1. The second-order valence-corrected chi connectivity index (χ2v) is 6.88. The Kier molecular flexibility index (Phi) is 3.76. The standard InChI is InChI=1S/C14H18N2O3S/c1-10-4-5-11(19-10)9-16(2)14-7-6-12(8-13(14)15)20(3,17)18/h4-8H,9,15H2,1-3H3. The molecule has 1 aromatic carbocycles. The van der Waals surface area contributed by atoms with Gasteiger partial charge in [-0.05, 0) is 37.3 Å². The van der Waals surface area contributed by atoms with Gasteiger partial charge in [0.15, 0.2) is 9.84 Å². The number of rotatable bonds is 4. The summed E-state index contributed by atoms with van der Waals surface area (Å²) in [6, 6.07) is 8.56. The lowest BCUT2D eigenvalue weighted by molar-refractivity contribution is 0.482. The first-order chi connectivity index (χ1) is 9.27. The Morgan fingerprint density at radius 2 is 1.95 bits per heavy atom. The predicted molar refractivity (Wildman–Crippen MR) is 79.5 cm³/mol. The van der Waals surface area contributed by atoms with Crippen molar-refractivity contribution >= 4 is 21.2 Å². The van der Waals surface area contributed by atoms with E-state index in [2.05, 4.69) is 0 Å². The average molecular weight is 294 g/mol. The molecule has 0 spiro atoms. The Morgan fingerprint density at radius 3 is 2.45 bits per heavy atom. The van der Waals surface area contributed by atoms with E-state index in [1.54, 1.807) is 12.1 Å². The molecular weight excluding hydrogens is 276 g/mol. The molecule has 0 unspecified atom stereocenters. The molecule has 0 bridgehead atoms. The van der Waals surface area contributed by atoms with Gasteiger partial charge in [0, 0.05) is 13.3 Å². The Labute approximate surface area is 118 Å². The number of nitrogens with two attached hydrogens (primary N) is 1. The van der Waals surface area contributed by atoms with E-state index < -0.39 is 9.84 Å². The number of nitrogen functional groups attached to an aromatic ring is 1. The number of hydrogen-bond acceptors (Lipinski definition) is 5. The van der Waals surface area contributed by atoms with Crippen LogP contribution >= 0.6 is 0 Å². The molecular formula is C14H18N2O3S. The Hall–Kier alpha value is -1.95. The number of anilines is 2. The van der Waals surface area contributed by atoms with Crippen LogP contribution in [0.2, 0.25) is 0 Å². The molecule has 6 heteroatoms. The molecule has 2 aromatic rings. The Morgan fingerprint density at radius 1 is 1.25 bits per heavy atom. The predicted octanol–water partition coefficient (Wildman–Crippen LogP) is 2.21. The summed E-state index contributed by atoms with van der Waals surface area (Å²) in [6.45, 7) is 2.45. The summed E-state index contributed by atoms with van der Waals surface area (Å²) in [6.07, 6.45) is 1.16. The lowest BCUT2D eigenvalue weighted by Crippen LogP contribution is -2.17. The van der Waals surface area contributed by atoms with Crippen molar-refractivity contribution in [3.05, 3.63) is 41.9 Å². The van der Waals surface area contributed by atoms with E-state index in [9.17, 15) is 8.42 Å². The fourth-order valence-corrected chi connectivity index (χ4v) is 2.66. The van der Waals surface area contributed by atoms with Crippen LogP contribution in [0.3, 0.4) is 0 Å². The van der Waals surface area contributed by atoms with Gasteiger partial charge in [0.2, 0.25) is 0 Å². The molecule has 2 N–H and O–H groups in total. The number of sulfone groups is 1. The third kappa shape index (κ3) is 3.14. The van der Waals surface area contributed by atoms with Crippen molar-refractivity contribution in [2.45, 2.75) is 18.4 Å². The van der Waals surface area contributed by atoms with E-state index in [0.29, 0.717) is 12.2 Å². The highest BCUT2D eigenvalue weighted by Crippen LogP contribution is 2.26. The van der Waals surface area contributed by atoms with E-state index in [0.717, 1.165) is 23.5 Å². The molecule has 0 radical (unpaired) electrons. The zero-order valence-electron chi connectivity index (χ0n) is 11.8. The van der Waals surface area contributed by atoms with Crippen LogP contribution in [-0.2, 0) is 16.4 Å². The molecule has 0 amide bonds. The first kappa shape index (κ1) is 14.5. The van der Waals surface area contributed by atoms with Crippen molar-refractivity contribution in [2.24, 2.45) is 0 Å². The van der Waals surface area contributed by atoms with E-state index in [1.807, 2.05) is 31.0 Å². The second kappa shape index (κ2) is 5.20. The Balaban J connectivity index is 2.24. The highest BCUT2D eigenvalue weighted by Gasteiger charge is 2.12. The van der Waals surface area contributed by atoms with Crippen LogP contribution in [0.25, 0.3) is 0 Å². The van der Waals surface area contributed by atoms with Crippen LogP contribution in [0.15, 0.2) is 39.6 Å². The number of aryl methyl sites for hydroxylation is 1. The van der Waals surface area contributed by atoms with Crippen molar-refractivity contribution in [3.63, 3.8) is 0 Å². The molecule has 2 rings (SSSR count). The number of hydrogen-bond donors (Lipinski definition) is 1. The fraction of sp³-hybridized carbons (Fsp3) is 0.286. The third-order valence-electron chi connectivity index (χ3n) is 3.03. The minimum absolute atomic E-state index is 0.223. The van der Waals surface area contributed by atoms with Crippen LogP contribution in [0.1, 0.15) is 11.5 Å². The van der Waals surface area contributed by atoms with Crippen LogP contribution in [0.4, 0.5) is 11.4 Å². The molecule has 0 fully saturated rings. The summed E-state index contributed by atoms with van der Waals surface area (Å²) in [4.78, 5) is 2.14. The third-order valence-corrected chi connectivity index (χ3v) is 4.14. The van der Waals surface area contributed by atoms with Crippen LogP contribution in [0, 0.1) is 6.92 Å². The quantitative estimate of drug-likeness (QED) is 0.875. The fourth-order valence-electron chi connectivity index (χ4n) is 2.00. The van der Waals surface area contributed by atoms with Gasteiger partial charge in [-0.2, -0.15) is 0 Å². The maximum atomic E-state index is 11.5. The summed E-state index contributed by atoms with van der Waals surface area (Å²) < 4.78 is 28.5. The van der Waals surface area contributed by atoms with Gasteiger partial charge in [-0.25, -0.2) is 8.42 Å². The van der Waals surface area contributed by atoms with E-state index in [1.165, 1.54) is 6.07 Å². The van der Waals surface area contributed by atoms with Crippen molar-refractivity contribution < 1.29 is 12.8 Å². The topological polar surface area (TPSA) is 76.5 Å². The Bertz CT molecular complexity index is 720. The van der Waals surface area contributed by atoms with Crippen molar-refractivity contribution in [3.8, 4) is 0 Å². The molecule has 108 valence electrons. The normalized spacial score (nSPS) is 11.6. The summed E-state index contributed by atoms with van der Waals surface area (Å²) in [7, 11) is -1.36. The van der Waals surface area contributed by atoms with Crippen molar-refractivity contribution in [1.29, 1.82) is 0 Å². The lowest BCUT2D eigenvalue weighted by Gasteiger charge is -2.20. The summed E-state index contributed by atoms with van der Waals surface area (Å²) in [5, 5.41) is 0.